The Labute approximate surface area is 97.0 Å². The Bertz CT molecular complexity index is 502. The van der Waals surface area contributed by atoms with Gasteiger partial charge in [0.05, 0.1) is 0 Å². The highest BCUT2D eigenvalue weighted by atomic mass is 79.9. The SMILES string of the molecule is CCCn1cc(C=O)c2c(Br)cccc21. The van der Waals surface area contributed by atoms with Crippen molar-refractivity contribution in [2.24, 2.45) is 0 Å². The minimum Gasteiger partial charge on any atom is -0.347 e. The second-order valence-electron chi connectivity index (χ2n) is 3.53. The summed E-state index contributed by atoms with van der Waals surface area (Å²) in [5.74, 6) is 0. The van der Waals surface area contributed by atoms with Crippen molar-refractivity contribution in [1.29, 1.82) is 0 Å². The minimum atomic E-state index is 0.755. The molecule has 3 heteroatoms. The van der Waals surface area contributed by atoms with Crippen LogP contribution in [0.3, 0.4) is 0 Å². The highest BCUT2D eigenvalue weighted by molar-refractivity contribution is 9.10. The first kappa shape index (κ1) is 10.4. The molecule has 0 saturated carbocycles. The third-order valence-electron chi connectivity index (χ3n) is 2.48. The first-order valence-electron chi connectivity index (χ1n) is 5.00. The fraction of sp³-hybridized carbons (Fsp3) is 0.250. The molecule has 1 heterocycles. The molecule has 2 aromatic rings. The normalized spacial score (nSPS) is 10.8. The molecule has 0 unspecified atom stereocenters. The number of carbonyl (C=O) groups excluding carboxylic acids is 1. The Balaban J connectivity index is 2.75. The summed E-state index contributed by atoms with van der Waals surface area (Å²) in [5.41, 5.74) is 1.87. The second-order valence-corrected chi connectivity index (χ2v) is 4.38. The van der Waals surface area contributed by atoms with Crippen LogP contribution in [0.2, 0.25) is 0 Å². The molecular formula is C12H12BrNO. The number of fused-ring (bicyclic) bond motifs is 1. The number of hydrogen-bond acceptors (Lipinski definition) is 1. The Morgan fingerprint density at radius 3 is 2.93 bits per heavy atom. The van der Waals surface area contributed by atoms with Gasteiger partial charge in [0.15, 0.2) is 6.29 Å². The summed E-state index contributed by atoms with van der Waals surface area (Å²) < 4.78 is 3.11. The summed E-state index contributed by atoms with van der Waals surface area (Å²) in [5, 5.41) is 1.01. The predicted molar refractivity (Wildman–Crippen MR) is 65.3 cm³/mol. The van der Waals surface area contributed by atoms with E-state index < -0.39 is 0 Å². The van der Waals surface area contributed by atoms with Gasteiger partial charge in [0.25, 0.3) is 0 Å². The lowest BCUT2D eigenvalue weighted by molar-refractivity contribution is 0.112. The molecule has 0 bridgehead atoms. The lowest BCUT2D eigenvalue weighted by Crippen LogP contribution is -1.93. The first-order valence-corrected chi connectivity index (χ1v) is 5.79. The summed E-state index contributed by atoms with van der Waals surface area (Å²) in [7, 11) is 0. The Morgan fingerprint density at radius 1 is 1.47 bits per heavy atom. The monoisotopic (exact) mass is 265 g/mol. The predicted octanol–water partition coefficient (Wildman–Crippen LogP) is 3.63. The number of benzene rings is 1. The van der Waals surface area contributed by atoms with Crippen molar-refractivity contribution in [2.75, 3.05) is 0 Å². The van der Waals surface area contributed by atoms with Crippen molar-refractivity contribution < 1.29 is 4.79 Å². The highest BCUT2D eigenvalue weighted by Gasteiger charge is 2.09. The maximum Gasteiger partial charge on any atom is 0.152 e. The van der Waals surface area contributed by atoms with Crippen molar-refractivity contribution >= 4 is 33.1 Å². The number of aldehydes is 1. The van der Waals surface area contributed by atoms with Crippen molar-refractivity contribution in [1.82, 2.24) is 4.57 Å². The van der Waals surface area contributed by atoms with Gasteiger partial charge in [-0.3, -0.25) is 4.79 Å². The van der Waals surface area contributed by atoms with Crippen LogP contribution in [0.25, 0.3) is 10.9 Å². The summed E-state index contributed by atoms with van der Waals surface area (Å²) in [6.45, 7) is 3.07. The van der Waals surface area contributed by atoms with Crippen LogP contribution in [0.4, 0.5) is 0 Å². The molecule has 0 spiro atoms. The zero-order valence-corrected chi connectivity index (χ0v) is 10.1. The Morgan fingerprint density at radius 2 is 2.27 bits per heavy atom. The number of hydrogen-bond donors (Lipinski definition) is 0. The lowest BCUT2D eigenvalue weighted by Gasteiger charge is -2.02. The molecule has 0 fully saturated rings. The van der Waals surface area contributed by atoms with E-state index in [1.807, 2.05) is 24.4 Å². The molecule has 2 nitrogen and oxygen atoms in total. The maximum atomic E-state index is 11.0. The molecule has 0 aliphatic carbocycles. The minimum absolute atomic E-state index is 0.755. The van der Waals surface area contributed by atoms with Crippen LogP contribution in [-0.2, 0) is 6.54 Å². The van der Waals surface area contributed by atoms with E-state index in [0.29, 0.717) is 0 Å². The first-order chi connectivity index (χ1) is 7.27. The number of rotatable bonds is 3. The molecule has 0 aliphatic heterocycles. The average Bonchev–Trinajstić information content (AvgIpc) is 2.59. The lowest BCUT2D eigenvalue weighted by atomic mass is 10.2. The van der Waals surface area contributed by atoms with E-state index in [0.717, 1.165) is 40.2 Å². The van der Waals surface area contributed by atoms with Gasteiger partial charge in [-0.05, 0) is 18.6 Å². The number of aryl methyl sites for hydroxylation is 1. The van der Waals surface area contributed by atoms with Crippen LogP contribution >= 0.6 is 15.9 Å². The summed E-state index contributed by atoms with van der Waals surface area (Å²) in [4.78, 5) is 11.0. The number of carbonyl (C=O) groups is 1. The molecule has 0 radical (unpaired) electrons. The van der Waals surface area contributed by atoms with Crippen LogP contribution in [0.5, 0.6) is 0 Å². The van der Waals surface area contributed by atoms with E-state index in [-0.39, 0.29) is 0 Å². The summed E-state index contributed by atoms with van der Waals surface area (Å²) >= 11 is 3.48. The van der Waals surface area contributed by atoms with Gasteiger partial charge in [0, 0.05) is 33.7 Å². The van der Waals surface area contributed by atoms with E-state index in [2.05, 4.69) is 27.4 Å². The number of aromatic nitrogens is 1. The molecule has 1 aromatic carbocycles. The fourth-order valence-electron chi connectivity index (χ4n) is 1.86. The quantitative estimate of drug-likeness (QED) is 0.777. The van der Waals surface area contributed by atoms with Crippen molar-refractivity contribution in [3.05, 3.63) is 34.4 Å². The average molecular weight is 266 g/mol. The van der Waals surface area contributed by atoms with Gasteiger partial charge in [-0.25, -0.2) is 0 Å². The van der Waals surface area contributed by atoms with Gasteiger partial charge in [-0.15, -0.1) is 0 Å². The van der Waals surface area contributed by atoms with Crippen molar-refractivity contribution in [3.63, 3.8) is 0 Å². The molecule has 0 atom stereocenters. The fourth-order valence-corrected chi connectivity index (χ4v) is 2.44. The van der Waals surface area contributed by atoms with Gasteiger partial charge in [-0.1, -0.05) is 28.9 Å². The van der Waals surface area contributed by atoms with Crippen LogP contribution in [0, 0.1) is 0 Å². The molecule has 0 amide bonds. The van der Waals surface area contributed by atoms with E-state index in [1.54, 1.807) is 0 Å². The molecule has 0 aliphatic rings. The highest BCUT2D eigenvalue weighted by Crippen LogP contribution is 2.28. The van der Waals surface area contributed by atoms with E-state index in [9.17, 15) is 4.79 Å². The Hall–Kier alpha value is -1.09. The Kier molecular flexibility index (Phi) is 2.91. The standard InChI is InChI=1S/C12H12BrNO/c1-2-6-14-7-9(8-15)12-10(13)4-3-5-11(12)14/h3-5,7-8H,2,6H2,1H3. The molecule has 15 heavy (non-hydrogen) atoms. The second kappa shape index (κ2) is 4.19. The third-order valence-corrected chi connectivity index (χ3v) is 3.14. The van der Waals surface area contributed by atoms with Crippen molar-refractivity contribution in [2.45, 2.75) is 19.9 Å². The third kappa shape index (κ3) is 1.72. The maximum absolute atomic E-state index is 11.0. The molecule has 0 N–H and O–H groups in total. The van der Waals surface area contributed by atoms with E-state index in [1.165, 1.54) is 0 Å². The van der Waals surface area contributed by atoms with Gasteiger partial charge in [0.2, 0.25) is 0 Å². The van der Waals surface area contributed by atoms with Crippen LogP contribution in [0.1, 0.15) is 23.7 Å². The zero-order chi connectivity index (χ0) is 10.8. The zero-order valence-electron chi connectivity index (χ0n) is 8.53. The van der Waals surface area contributed by atoms with Gasteiger partial charge >= 0.3 is 0 Å². The number of halogens is 1. The molecule has 78 valence electrons. The van der Waals surface area contributed by atoms with Gasteiger partial charge in [-0.2, -0.15) is 0 Å². The van der Waals surface area contributed by atoms with Crippen LogP contribution in [0.15, 0.2) is 28.9 Å². The van der Waals surface area contributed by atoms with E-state index >= 15 is 0 Å². The van der Waals surface area contributed by atoms with Crippen LogP contribution in [-0.4, -0.2) is 10.9 Å². The number of nitrogens with zero attached hydrogens (tertiary/aromatic N) is 1. The van der Waals surface area contributed by atoms with Crippen molar-refractivity contribution in [3.8, 4) is 0 Å². The van der Waals surface area contributed by atoms with Crippen LogP contribution < -0.4 is 0 Å². The molecule has 1 aromatic heterocycles. The molecular weight excluding hydrogens is 254 g/mol. The summed E-state index contributed by atoms with van der Waals surface area (Å²) in [6.07, 6.45) is 3.90. The van der Waals surface area contributed by atoms with E-state index in [4.69, 9.17) is 0 Å². The smallest absolute Gasteiger partial charge is 0.152 e. The van der Waals surface area contributed by atoms with Gasteiger partial charge in [0.1, 0.15) is 0 Å². The largest absolute Gasteiger partial charge is 0.347 e. The topological polar surface area (TPSA) is 22.0 Å². The molecule has 2 rings (SSSR count). The molecule has 0 saturated heterocycles. The van der Waals surface area contributed by atoms with Gasteiger partial charge < -0.3 is 4.57 Å². The summed E-state index contributed by atoms with van der Waals surface area (Å²) in [6, 6.07) is 6.00.